The van der Waals surface area contributed by atoms with Gasteiger partial charge in [0.05, 0.1) is 0 Å². The number of aliphatic hydroxyl groups is 1. The molecule has 0 fully saturated rings. The zero-order valence-electron chi connectivity index (χ0n) is 5.55. The maximum absolute atomic E-state index is 8.94. The van der Waals surface area contributed by atoms with E-state index in [-0.39, 0.29) is 0 Å². The van der Waals surface area contributed by atoms with Crippen molar-refractivity contribution in [3.05, 3.63) is 17.7 Å². The van der Waals surface area contributed by atoms with Gasteiger partial charge in [-0.2, -0.15) is 0 Å². The summed E-state index contributed by atoms with van der Waals surface area (Å²) in [5.41, 5.74) is 0.978. The molecule has 1 aromatic rings. The van der Waals surface area contributed by atoms with Crippen LogP contribution >= 0.6 is 0 Å². The summed E-state index contributed by atoms with van der Waals surface area (Å²) in [4.78, 5) is 6.82. The van der Waals surface area contributed by atoms with Gasteiger partial charge in [0.25, 0.3) is 0 Å². The van der Waals surface area contributed by atoms with E-state index in [0.29, 0.717) is 5.82 Å². The first-order valence-corrected chi connectivity index (χ1v) is 2.89. The van der Waals surface area contributed by atoms with Gasteiger partial charge >= 0.3 is 0 Å². The number of rotatable bonds is 1. The number of nitrogens with one attached hydrogen (secondary N) is 1. The van der Waals surface area contributed by atoms with Gasteiger partial charge in [0.15, 0.2) is 0 Å². The molecule has 0 spiro atoms. The second-order valence-corrected chi connectivity index (χ2v) is 2.13. The summed E-state index contributed by atoms with van der Waals surface area (Å²) in [6.07, 6.45) is 1.21. The number of imidazole rings is 1. The van der Waals surface area contributed by atoms with Crippen LogP contribution in [0.4, 0.5) is 0 Å². The molecule has 3 heteroatoms. The van der Waals surface area contributed by atoms with Crippen molar-refractivity contribution in [2.75, 3.05) is 0 Å². The molecule has 0 radical (unpaired) electrons. The van der Waals surface area contributed by atoms with Crippen LogP contribution in [0.15, 0.2) is 6.20 Å². The van der Waals surface area contributed by atoms with E-state index in [4.69, 9.17) is 5.11 Å². The second kappa shape index (κ2) is 2.19. The van der Waals surface area contributed by atoms with Crippen molar-refractivity contribution in [2.24, 2.45) is 0 Å². The monoisotopic (exact) mass is 126 g/mol. The first-order valence-electron chi connectivity index (χ1n) is 2.89. The average molecular weight is 126 g/mol. The Morgan fingerprint density at radius 1 is 1.78 bits per heavy atom. The van der Waals surface area contributed by atoms with Crippen molar-refractivity contribution in [2.45, 2.75) is 20.0 Å². The van der Waals surface area contributed by atoms with Crippen molar-refractivity contribution in [1.29, 1.82) is 0 Å². The van der Waals surface area contributed by atoms with Gasteiger partial charge in [-0.05, 0) is 13.8 Å². The van der Waals surface area contributed by atoms with Crippen LogP contribution in [0.2, 0.25) is 0 Å². The van der Waals surface area contributed by atoms with Crippen LogP contribution < -0.4 is 0 Å². The maximum atomic E-state index is 8.94. The number of aryl methyl sites for hydroxylation is 1. The lowest BCUT2D eigenvalue weighted by atomic mass is 10.4. The lowest BCUT2D eigenvalue weighted by Crippen LogP contribution is -1.92. The summed E-state index contributed by atoms with van der Waals surface area (Å²) in [5.74, 6) is 0.632. The number of hydrogen-bond acceptors (Lipinski definition) is 2. The fourth-order valence-electron chi connectivity index (χ4n) is 0.645. The molecule has 1 aromatic heterocycles. The van der Waals surface area contributed by atoms with Crippen molar-refractivity contribution in [3.63, 3.8) is 0 Å². The molecular weight excluding hydrogens is 116 g/mol. The third kappa shape index (κ3) is 1.29. The molecule has 0 saturated carbocycles. The van der Waals surface area contributed by atoms with Gasteiger partial charge in [-0.1, -0.05) is 0 Å². The molecule has 1 rings (SSSR count). The summed E-state index contributed by atoms with van der Waals surface area (Å²) < 4.78 is 0. The molecule has 1 heterocycles. The van der Waals surface area contributed by atoms with Crippen molar-refractivity contribution >= 4 is 0 Å². The lowest BCUT2D eigenvalue weighted by molar-refractivity contribution is 0.190. The third-order valence-electron chi connectivity index (χ3n) is 1.12. The molecule has 0 aliphatic rings. The zero-order valence-corrected chi connectivity index (χ0v) is 5.55. The predicted octanol–water partition coefficient (Wildman–Crippen LogP) is 0.771. The minimum Gasteiger partial charge on any atom is -0.385 e. The summed E-state index contributed by atoms with van der Waals surface area (Å²) in [7, 11) is 0. The first kappa shape index (κ1) is 6.29. The van der Waals surface area contributed by atoms with E-state index in [2.05, 4.69) is 9.97 Å². The Morgan fingerprint density at radius 3 is 2.67 bits per heavy atom. The van der Waals surface area contributed by atoms with Crippen LogP contribution in [0.5, 0.6) is 0 Å². The lowest BCUT2D eigenvalue weighted by Gasteiger charge is -1.95. The standard InChI is InChI=1S/C6H10N2O/c1-4-3-7-6(8-4)5(2)9/h3,5,9H,1-2H3,(H,7,8)/t5-/m0/s1. The Balaban J connectivity index is 2.85. The predicted molar refractivity (Wildman–Crippen MR) is 34.0 cm³/mol. The van der Waals surface area contributed by atoms with E-state index >= 15 is 0 Å². The molecule has 0 aliphatic heterocycles. The smallest absolute Gasteiger partial charge is 0.134 e. The normalized spacial score (nSPS) is 13.7. The van der Waals surface area contributed by atoms with Crippen molar-refractivity contribution < 1.29 is 5.11 Å². The molecule has 0 saturated heterocycles. The number of hydrogen-bond donors (Lipinski definition) is 2. The van der Waals surface area contributed by atoms with E-state index in [1.807, 2.05) is 6.92 Å². The second-order valence-electron chi connectivity index (χ2n) is 2.13. The van der Waals surface area contributed by atoms with Crippen molar-refractivity contribution in [1.82, 2.24) is 9.97 Å². The summed E-state index contributed by atoms with van der Waals surface area (Å²) in [6, 6.07) is 0. The highest BCUT2D eigenvalue weighted by atomic mass is 16.3. The minimum absolute atomic E-state index is 0.487. The van der Waals surface area contributed by atoms with Crippen LogP contribution in [0.25, 0.3) is 0 Å². The van der Waals surface area contributed by atoms with E-state index in [0.717, 1.165) is 5.69 Å². The van der Waals surface area contributed by atoms with Gasteiger partial charge in [0.1, 0.15) is 11.9 Å². The summed E-state index contributed by atoms with van der Waals surface area (Å²) >= 11 is 0. The summed E-state index contributed by atoms with van der Waals surface area (Å²) in [6.45, 7) is 3.58. The van der Waals surface area contributed by atoms with Gasteiger partial charge in [-0.3, -0.25) is 0 Å². The SMILES string of the molecule is Cc1cnc([C@H](C)O)[nH]1. The number of aromatic nitrogens is 2. The Bertz CT molecular complexity index is 193. The van der Waals surface area contributed by atoms with Crippen LogP contribution in [0.3, 0.4) is 0 Å². The molecule has 1 atom stereocenters. The molecule has 3 nitrogen and oxygen atoms in total. The Morgan fingerprint density at radius 2 is 2.44 bits per heavy atom. The molecule has 0 aliphatic carbocycles. The minimum atomic E-state index is -0.487. The highest BCUT2D eigenvalue weighted by Gasteiger charge is 2.01. The van der Waals surface area contributed by atoms with Crippen LogP contribution in [0, 0.1) is 6.92 Å². The quantitative estimate of drug-likeness (QED) is 0.584. The van der Waals surface area contributed by atoms with Gasteiger partial charge in [-0.15, -0.1) is 0 Å². The van der Waals surface area contributed by atoms with Gasteiger partial charge in [-0.25, -0.2) is 4.98 Å². The molecular formula is C6H10N2O. The Labute approximate surface area is 53.7 Å². The highest BCUT2D eigenvalue weighted by molar-refractivity contribution is 4.99. The topological polar surface area (TPSA) is 48.9 Å². The number of H-pyrrole nitrogens is 1. The van der Waals surface area contributed by atoms with Crippen LogP contribution in [0.1, 0.15) is 24.5 Å². The van der Waals surface area contributed by atoms with E-state index in [1.54, 1.807) is 13.1 Å². The molecule has 0 unspecified atom stereocenters. The molecule has 50 valence electrons. The maximum Gasteiger partial charge on any atom is 0.134 e. The first-order chi connectivity index (χ1) is 4.20. The van der Waals surface area contributed by atoms with E-state index in [1.165, 1.54) is 0 Å². The number of nitrogens with zero attached hydrogens (tertiary/aromatic N) is 1. The third-order valence-corrected chi connectivity index (χ3v) is 1.12. The average Bonchev–Trinajstić information content (AvgIpc) is 2.14. The van der Waals surface area contributed by atoms with Crippen molar-refractivity contribution in [3.8, 4) is 0 Å². The Hall–Kier alpha value is -0.830. The van der Waals surface area contributed by atoms with Gasteiger partial charge in [0, 0.05) is 11.9 Å². The van der Waals surface area contributed by atoms with E-state index < -0.39 is 6.10 Å². The Kier molecular flexibility index (Phi) is 1.53. The molecule has 0 amide bonds. The van der Waals surface area contributed by atoms with Gasteiger partial charge < -0.3 is 10.1 Å². The van der Waals surface area contributed by atoms with Gasteiger partial charge in [0.2, 0.25) is 0 Å². The highest BCUT2D eigenvalue weighted by Crippen LogP contribution is 2.05. The molecule has 0 aromatic carbocycles. The largest absolute Gasteiger partial charge is 0.385 e. The fourth-order valence-corrected chi connectivity index (χ4v) is 0.645. The summed E-state index contributed by atoms with van der Waals surface area (Å²) in [5, 5.41) is 8.94. The molecule has 2 N–H and O–H groups in total. The zero-order chi connectivity index (χ0) is 6.85. The van der Waals surface area contributed by atoms with Crippen LogP contribution in [-0.2, 0) is 0 Å². The number of aromatic amines is 1. The van der Waals surface area contributed by atoms with E-state index in [9.17, 15) is 0 Å². The number of aliphatic hydroxyl groups excluding tert-OH is 1. The van der Waals surface area contributed by atoms with Crippen LogP contribution in [-0.4, -0.2) is 15.1 Å². The molecule has 0 bridgehead atoms. The molecule has 9 heavy (non-hydrogen) atoms. The fraction of sp³-hybridized carbons (Fsp3) is 0.500.